The van der Waals surface area contributed by atoms with Gasteiger partial charge >= 0.3 is 0 Å². The van der Waals surface area contributed by atoms with Crippen molar-refractivity contribution in [3.05, 3.63) is 65.5 Å². The van der Waals surface area contributed by atoms with E-state index < -0.39 is 0 Å². The first-order valence-electron chi connectivity index (χ1n) is 7.17. The summed E-state index contributed by atoms with van der Waals surface area (Å²) in [6.45, 7) is 4.01. The minimum Gasteiger partial charge on any atom is -0.313 e. The minimum absolute atomic E-state index is 0.159. The van der Waals surface area contributed by atoms with E-state index in [9.17, 15) is 4.39 Å². The van der Waals surface area contributed by atoms with Crippen molar-refractivity contribution in [2.75, 3.05) is 13.1 Å². The fourth-order valence-corrected chi connectivity index (χ4v) is 3.48. The Kier molecular flexibility index (Phi) is 4.42. The molecule has 3 heteroatoms. The van der Waals surface area contributed by atoms with Gasteiger partial charge in [0.15, 0.2) is 0 Å². The maximum absolute atomic E-state index is 13.9. The first-order valence-corrected chi connectivity index (χ1v) is 7.99. The zero-order chi connectivity index (χ0) is 14.7. The van der Waals surface area contributed by atoms with Crippen LogP contribution in [0.5, 0.6) is 0 Å². The van der Waals surface area contributed by atoms with Crippen molar-refractivity contribution < 1.29 is 4.39 Å². The maximum atomic E-state index is 13.9. The molecular formula is C18H18FNS. The highest BCUT2D eigenvalue weighted by Crippen LogP contribution is 2.36. The lowest BCUT2D eigenvalue weighted by atomic mass is 9.99. The van der Waals surface area contributed by atoms with Crippen LogP contribution in [0.25, 0.3) is 5.57 Å². The van der Waals surface area contributed by atoms with Gasteiger partial charge in [-0.2, -0.15) is 0 Å². The summed E-state index contributed by atoms with van der Waals surface area (Å²) in [5, 5.41) is 3.33. The van der Waals surface area contributed by atoms with Gasteiger partial charge in [-0.3, -0.25) is 0 Å². The van der Waals surface area contributed by atoms with Gasteiger partial charge in [0.25, 0.3) is 0 Å². The second-order valence-corrected chi connectivity index (χ2v) is 6.30. The van der Waals surface area contributed by atoms with Crippen LogP contribution in [0.2, 0.25) is 0 Å². The molecule has 0 bridgehead atoms. The van der Waals surface area contributed by atoms with Gasteiger partial charge < -0.3 is 5.32 Å². The molecule has 108 valence electrons. The first kappa shape index (κ1) is 14.4. The molecule has 0 spiro atoms. The lowest BCUT2D eigenvalue weighted by Crippen LogP contribution is -2.20. The van der Waals surface area contributed by atoms with E-state index in [1.807, 2.05) is 12.1 Å². The quantitative estimate of drug-likeness (QED) is 0.884. The highest BCUT2D eigenvalue weighted by atomic mass is 32.2. The van der Waals surface area contributed by atoms with Gasteiger partial charge in [0.2, 0.25) is 0 Å². The van der Waals surface area contributed by atoms with Crippen LogP contribution in [0.15, 0.2) is 58.3 Å². The molecule has 1 heterocycles. The molecule has 1 aliphatic heterocycles. The Morgan fingerprint density at radius 2 is 1.95 bits per heavy atom. The van der Waals surface area contributed by atoms with Gasteiger partial charge in [0.05, 0.1) is 0 Å². The molecule has 0 radical (unpaired) electrons. The summed E-state index contributed by atoms with van der Waals surface area (Å²) in [4.78, 5) is 1.80. The maximum Gasteiger partial charge on any atom is 0.137 e. The standard InChI is InChI=1S/C18H18FNS/c1-13-6-7-17(21-18-5-3-2-4-16(18)19)15(12-13)14-8-10-20-11-9-14/h2-8,12,20H,9-11H2,1H3. The molecule has 1 N–H and O–H groups in total. The molecular weight excluding hydrogens is 281 g/mol. The van der Waals surface area contributed by atoms with E-state index in [-0.39, 0.29) is 5.82 Å². The van der Waals surface area contributed by atoms with E-state index in [1.54, 1.807) is 6.07 Å². The topological polar surface area (TPSA) is 12.0 Å². The van der Waals surface area contributed by atoms with Gasteiger partial charge in [0.1, 0.15) is 5.82 Å². The van der Waals surface area contributed by atoms with Crippen LogP contribution in [0.4, 0.5) is 4.39 Å². The number of nitrogens with one attached hydrogen (secondary N) is 1. The van der Waals surface area contributed by atoms with Crippen LogP contribution in [-0.2, 0) is 0 Å². The predicted octanol–water partition coefficient (Wildman–Crippen LogP) is 4.66. The number of halogens is 1. The highest BCUT2D eigenvalue weighted by molar-refractivity contribution is 7.99. The van der Waals surface area contributed by atoms with Crippen LogP contribution in [0, 0.1) is 12.7 Å². The average molecular weight is 299 g/mol. The summed E-state index contributed by atoms with van der Waals surface area (Å²) >= 11 is 1.51. The molecule has 1 nitrogen and oxygen atoms in total. The van der Waals surface area contributed by atoms with E-state index in [0.29, 0.717) is 4.90 Å². The number of aryl methyl sites for hydroxylation is 1. The Balaban J connectivity index is 1.98. The van der Waals surface area contributed by atoms with Crippen molar-refractivity contribution in [2.24, 2.45) is 0 Å². The van der Waals surface area contributed by atoms with Crippen molar-refractivity contribution >= 4 is 17.3 Å². The third-order valence-electron chi connectivity index (χ3n) is 3.60. The van der Waals surface area contributed by atoms with E-state index >= 15 is 0 Å². The molecule has 1 aliphatic rings. The summed E-state index contributed by atoms with van der Waals surface area (Å²) in [5.74, 6) is -0.159. The van der Waals surface area contributed by atoms with E-state index in [1.165, 1.54) is 34.5 Å². The number of benzene rings is 2. The normalized spacial score (nSPS) is 14.9. The van der Waals surface area contributed by atoms with E-state index in [2.05, 4.69) is 36.5 Å². The predicted molar refractivity (Wildman–Crippen MR) is 87.2 cm³/mol. The minimum atomic E-state index is -0.159. The second-order valence-electron chi connectivity index (χ2n) is 5.22. The zero-order valence-electron chi connectivity index (χ0n) is 12.0. The molecule has 0 atom stereocenters. The molecule has 3 rings (SSSR count). The Labute approximate surface area is 129 Å². The van der Waals surface area contributed by atoms with Crippen molar-refractivity contribution in [2.45, 2.75) is 23.1 Å². The molecule has 0 saturated heterocycles. The van der Waals surface area contributed by atoms with Gasteiger partial charge in [0, 0.05) is 16.3 Å². The molecule has 0 aliphatic carbocycles. The Bertz CT molecular complexity index is 679. The largest absolute Gasteiger partial charge is 0.313 e. The third-order valence-corrected chi connectivity index (χ3v) is 4.73. The molecule has 21 heavy (non-hydrogen) atoms. The SMILES string of the molecule is Cc1ccc(Sc2ccccc2F)c(C2=CCNCC2)c1. The van der Waals surface area contributed by atoms with Gasteiger partial charge in [-0.25, -0.2) is 4.39 Å². The summed E-state index contributed by atoms with van der Waals surface area (Å²) in [6, 6.07) is 13.4. The summed E-state index contributed by atoms with van der Waals surface area (Å²) in [5.41, 5.74) is 3.84. The van der Waals surface area contributed by atoms with Gasteiger partial charge in [-0.15, -0.1) is 0 Å². The van der Waals surface area contributed by atoms with Crippen molar-refractivity contribution in [1.29, 1.82) is 0 Å². The molecule has 2 aromatic carbocycles. The first-order chi connectivity index (χ1) is 10.2. The van der Waals surface area contributed by atoms with Crippen LogP contribution >= 0.6 is 11.8 Å². The molecule has 0 saturated carbocycles. The van der Waals surface area contributed by atoms with Crippen molar-refractivity contribution in [3.8, 4) is 0 Å². The number of rotatable bonds is 3. The Morgan fingerprint density at radius 1 is 1.10 bits per heavy atom. The van der Waals surface area contributed by atoms with Crippen molar-refractivity contribution in [3.63, 3.8) is 0 Å². The molecule has 2 aromatic rings. The molecule has 0 amide bonds. The van der Waals surface area contributed by atoms with E-state index in [0.717, 1.165) is 24.4 Å². The summed E-state index contributed by atoms with van der Waals surface area (Å²) in [7, 11) is 0. The number of hydrogen-bond donors (Lipinski definition) is 1. The zero-order valence-corrected chi connectivity index (χ0v) is 12.8. The smallest absolute Gasteiger partial charge is 0.137 e. The fourth-order valence-electron chi connectivity index (χ4n) is 2.50. The monoisotopic (exact) mass is 299 g/mol. The fraction of sp³-hybridized carbons (Fsp3) is 0.222. The third kappa shape index (κ3) is 3.36. The summed E-state index contributed by atoms with van der Waals surface area (Å²) in [6.07, 6.45) is 3.26. The van der Waals surface area contributed by atoms with Crippen LogP contribution in [-0.4, -0.2) is 13.1 Å². The number of hydrogen-bond acceptors (Lipinski definition) is 2. The molecule has 0 aromatic heterocycles. The Morgan fingerprint density at radius 3 is 2.71 bits per heavy atom. The van der Waals surface area contributed by atoms with Crippen molar-refractivity contribution in [1.82, 2.24) is 5.32 Å². The molecule has 0 unspecified atom stereocenters. The van der Waals surface area contributed by atoms with E-state index in [4.69, 9.17) is 0 Å². The van der Waals surface area contributed by atoms with Crippen LogP contribution < -0.4 is 5.32 Å². The van der Waals surface area contributed by atoms with Crippen LogP contribution in [0.3, 0.4) is 0 Å². The molecule has 0 fully saturated rings. The highest BCUT2D eigenvalue weighted by Gasteiger charge is 2.13. The average Bonchev–Trinajstić information content (AvgIpc) is 2.52. The second kappa shape index (κ2) is 6.46. The lowest BCUT2D eigenvalue weighted by Gasteiger charge is -2.18. The lowest BCUT2D eigenvalue weighted by molar-refractivity contribution is 0.602. The summed E-state index contributed by atoms with van der Waals surface area (Å²) < 4.78 is 13.9. The Hall–Kier alpha value is -1.58. The van der Waals surface area contributed by atoms with Crippen LogP contribution in [0.1, 0.15) is 17.5 Å². The van der Waals surface area contributed by atoms with Gasteiger partial charge in [-0.1, -0.05) is 47.7 Å². The van der Waals surface area contributed by atoms with Gasteiger partial charge in [-0.05, 0) is 49.2 Å².